The van der Waals surface area contributed by atoms with Crippen molar-refractivity contribution in [2.45, 2.75) is 0 Å². The van der Waals surface area contributed by atoms with Gasteiger partial charge in [0.1, 0.15) is 74.1 Å². The third-order valence-corrected chi connectivity index (χ3v) is 11.2. The Labute approximate surface area is 411 Å². The molecule has 0 spiro atoms. The first-order valence-corrected chi connectivity index (χ1v) is 22.1. The average Bonchev–Trinajstić information content (AvgIpc) is 3.37. The van der Waals surface area contributed by atoms with Gasteiger partial charge in [-0.3, -0.25) is 0 Å². The van der Waals surface area contributed by atoms with Gasteiger partial charge in [-0.25, -0.2) is 0 Å². The maximum atomic E-state index is 9.72. The fourth-order valence-corrected chi connectivity index (χ4v) is 6.82. The van der Waals surface area contributed by atoms with Crippen molar-refractivity contribution in [1.29, 1.82) is 0 Å². The van der Waals surface area contributed by atoms with Gasteiger partial charge in [0, 0.05) is 0 Å². The second-order valence-corrected chi connectivity index (χ2v) is 16.9. The molecule has 6 aromatic rings. The highest BCUT2D eigenvalue weighted by atomic mass is 16.5. The topological polar surface area (TPSA) is 307 Å². The summed E-state index contributed by atoms with van der Waals surface area (Å²) in [5, 5.41) is 117. The van der Waals surface area contributed by atoms with Crippen molar-refractivity contribution in [2.24, 2.45) is 10.8 Å². The quantitative estimate of drug-likeness (QED) is 0.0206. The summed E-state index contributed by atoms with van der Waals surface area (Å²) in [4.78, 5) is 0. The van der Waals surface area contributed by atoms with Crippen LogP contribution in [0.15, 0.2) is 146 Å². The first-order valence-electron chi connectivity index (χ1n) is 22.1. The summed E-state index contributed by atoms with van der Waals surface area (Å²) < 4.78 is 44.8. The van der Waals surface area contributed by atoms with E-state index in [1.807, 2.05) is 0 Å². The van der Waals surface area contributed by atoms with Gasteiger partial charge in [0.15, 0.2) is 0 Å². The molecule has 0 aliphatic heterocycles. The summed E-state index contributed by atoms with van der Waals surface area (Å²) in [7, 11) is -10.3. The molecule has 6 aromatic carbocycles. The van der Waals surface area contributed by atoms with Gasteiger partial charge in [-0.1, -0.05) is 72.8 Å². The second kappa shape index (κ2) is 25.9. The highest BCUT2D eigenvalue weighted by Crippen LogP contribution is 2.29. The molecule has 0 bridgehead atoms. The first kappa shape index (κ1) is 54.3. The zero-order chi connectivity index (χ0) is 51.0. The standard InChI is InChI=1S/C46H52B6O19/c53-47(54)33-1-13-39(14-2-33)66-27-45(28-67-40-15-3-34(4-16-40)48(55)56,29-68-41-17-5-35(6-18-41)49(57)58)25-65-26-46(30-69-42-19-7-36(8-20-42)50(59)60,31-70-43-21-9-37(10-22-43)51(61)62)32-71-44-23-11-38(12-24-44)52(63)64/h1-24,53-64H,25-32H2. The Balaban J connectivity index is 1.37. The van der Waals surface area contributed by atoms with E-state index in [4.69, 9.17) is 33.2 Å². The number of hydrogen-bond donors (Lipinski definition) is 12. The Morgan fingerprint density at radius 1 is 0.225 bits per heavy atom. The Morgan fingerprint density at radius 2 is 0.366 bits per heavy atom. The Hall–Kier alpha value is -6.01. The summed E-state index contributed by atoms with van der Waals surface area (Å²) in [6.07, 6.45) is 0. The number of hydrogen-bond acceptors (Lipinski definition) is 19. The van der Waals surface area contributed by atoms with Crippen LogP contribution in [-0.4, -0.2) is 156 Å². The molecule has 0 aliphatic carbocycles. The Kier molecular flexibility index (Phi) is 19.8. The van der Waals surface area contributed by atoms with E-state index in [-0.39, 0.29) is 85.6 Å². The van der Waals surface area contributed by atoms with Crippen LogP contribution in [-0.2, 0) is 4.74 Å². The van der Waals surface area contributed by atoms with Crippen molar-refractivity contribution in [1.82, 2.24) is 0 Å². The molecule has 0 amide bonds. The second-order valence-electron chi connectivity index (χ2n) is 16.9. The van der Waals surface area contributed by atoms with Gasteiger partial charge in [-0.05, 0) is 106 Å². The highest BCUT2D eigenvalue weighted by Gasteiger charge is 2.40. The van der Waals surface area contributed by atoms with Crippen LogP contribution in [0.1, 0.15) is 0 Å². The number of rotatable bonds is 28. The highest BCUT2D eigenvalue weighted by molar-refractivity contribution is 6.60. The molecule has 0 saturated carbocycles. The van der Waals surface area contributed by atoms with Crippen LogP contribution in [0, 0.1) is 10.8 Å². The Bertz CT molecular complexity index is 2040. The summed E-state index contributed by atoms with van der Waals surface area (Å²) >= 11 is 0. The smallest absolute Gasteiger partial charge is 0.488 e. The van der Waals surface area contributed by atoms with Crippen molar-refractivity contribution in [2.75, 3.05) is 52.9 Å². The normalized spacial score (nSPS) is 11.3. The average molecular weight is 974 g/mol. The molecular weight excluding hydrogens is 921 g/mol. The third-order valence-electron chi connectivity index (χ3n) is 11.2. The first-order chi connectivity index (χ1) is 34.0. The fourth-order valence-electron chi connectivity index (χ4n) is 6.82. The molecule has 12 N–H and O–H groups in total. The lowest BCUT2D eigenvalue weighted by atomic mass is 9.80. The van der Waals surface area contributed by atoms with E-state index in [0.717, 1.165) is 0 Å². The molecule has 0 fully saturated rings. The van der Waals surface area contributed by atoms with Crippen molar-refractivity contribution < 1.29 is 93.4 Å². The van der Waals surface area contributed by atoms with Gasteiger partial charge in [0.2, 0.25) is 0 Å². The van der Waals surface area contributed by atoms with E-state index < -0.39 is 53.5 Å². The lowest BCUT2D eigenvalue weighted by Crippen LogP contribution is -2.48. The van der Waals surface area contributed by atoms with E-state index in [9.17, 15) is 60.3 Å². The van der Waals surface area contributed by atoms with Crippen LogP contribution in [0.5, 0.6) is 34.5 Å². The molecule has 25 heteroatoms. The van der Waals surface area contributed by atoms with E-state index in [1.165, 1.54) is 72.8 Å². The fraction of sp³-hybridized carbons (Fsp3) is 0.217. The van der Waals surface area contributed by atoms with Gasteiger partial charge >= 0.3 is 42.7 Å². The van der Waals surface area contributed by atoms with Gasteiger partial charge in [0.25, 0.3) is 0 Å². The largest absolute Gasteiger partial charge is 0.493 e. The van der Waals surface area contributed by atoms with Crippen LogP contribution in [0.25, 0.3) is 0 Å². The summed E-state index contributed by atoms with van der Waals surface area (Å²) in [5.41, 5.74) is -1.14. The lowest BCUT2D eigenvalue weighted by Gasteiger charge is -2.36. The molecule has 0 aromatic heterocycles. The number of benzene rings is 6. The minimum absolute atomic E-state index is 0.152. The molecule has 368 valence electrons. The van der Waals surface area contributed by atoms with Crippen LogP contribution in [0.2, 0.25) is 0 Å². The van der Waals surface area contributed by atoms with E-state index in [1.54, 1.807) is 72.8 Å². The molecule has 0 radical (unpaired) electrons. The molecule has 71 heavy (non-hydrogen) atoms. The Morgan fingerprint density at radius 3 is 0.493 bits per heavy atom. The van der Waals surface area contributed by atoms with Gasteiger partial charge in [0.05, 0.1) is 24.0 Å². The molecule has 19 nitrogen and oxygen atoms in total. The minimum Gasteiger partial charge on any atom is -0.493 e. The molecule has 0 aliphatic rings. The van der Waals surface area contributed by atoms with Crippen molar-refractivity contribution in [3.8, 4) is 34.5 Å². The van der Waals surface area contributed by atoms with E-state index in [2.05, 4.69) is 0 Å². The molecule has 6 rings (SSSR count). The zero-order valence-corrected chi connectivity index (χ0v) is 38.2. The van der Waals surface area contributed by atoms with Crippen LogP contribution in [0.4, 0.5) is 0 Å². The minimum atomic E-state index is -1.72. The molecule has 0 atom stereocenters. The lowest BCUT2D eigenvalue weighted by molar-refractivity contribution is -0.0870. The van der Waals surface area contributed by atoms with E-state index in [0.29, 0.717) is 34.5 Å². The van der Waals surface area contributed by atoms with Gasteiger partial charge in [-0.15, -0.1) is 0 Å². The zero-order valence-electron chi connectivity index (χ0n) is 38.2. The van der Waals surface area contributed by atoms with Gasteiger partial charge in [-0.2, -0.15) is 0 Å². The SMILES string of the molecule is OB(O)c1ccc(OCC(COCC(COc2ccc(B(O)O)cc2)(COc2ccc(B(O)O)cc2)COc2ccc(B(O)O)cc2)(COc2ccc(B(O)O)cc2)COc2ccc(B(O)O)cc2)cc1. The van der Waals surface area contributed by atoms with Crippen molar-refractivity contribution >= 4 is 75.5 Å². The predicted octanol–water partition coefficient (Wildman–Crippen LogP) is -4.47. The predicted molar refractivity (Wildman–Crippen MR) is 266 cm³/mol. The van der Waals surface area contributed by atoms with Crippen molar-refractivity contribution in [3.05, 3.63) is 146 Å². The van der Waals surface area contributed by atoms with Crippen LogP contribution < -0.4 is 61.2 Å². The maximum Gasteiger partial charge on any atom is 0.488 e. The molecule has 0 unspecified atom stereocenters. The number of ether oxygens (including phenoxy) is 7. The van der Waals surface area contributed by atoms with Crippen LogP contribution in [0.3, 0.4) is 0 Å². The van der Waals surface area contributed by atoms with Crippen LogP contribution >= 0.6 is 0 Å². The molecule has 0 saturated heterocycles. The molecule has 0 heterocycles. The van der Waals surface area contributed by atoms with Crippen molar-refractivity contribution in [3.63, 3.8) is 0 Å². The summed E-state index contributed by atoms with van der Waals surface area (Å²) in [6, 6.07) is 36.3. The van der Waals surface area contributed by atoms with Gasteiger partial charge < -0.3 is 93.4 Å². The third kappa shape index (κ3) is 16.5. The van der Waals surface area contributed by atoms with E-state index >= 15 is 0 Å². The monoisotopic (exact) mass is 974 g/mol. The maximum absolute atomic E-state index is 9.72. The summed E-state index contributed by atoms with van der Waals surface area (Å²) in [5.74, 6) is 2.03. The summed E-state index contributed by atoms with van der Waals surface area (Å²) in [6.45, 7) is -1.28. The molecular formula is C46H52B6O19.